The number of halogens is 2. The van der Waals surface area contributed by atoms with E-state index in [1.807, 2.05) is 13.8 Å². The molecule has 6 nitrogen and oxygen atoms in total. The van der Waals surface area contributed by atoms with E-state index < -0.39 is 18.6 Å². The van der Waals surface area contributed by atoms with Crippen LogP contribution in [0.25, 0.3) is 0 Å². The zero-order chi connectivity index (χ0) is 22.4. The summed E-state index contributed by atoms with van der Waals surface area (Å²) >= 11 is 7.35. The third-order valence-corrected chi connectivity index (χ3v) is 9.95. The molecule has 0 unspecified atom stereocenters. The predicted molar refractivity (Wildman–Crippen MR) is 121 cm³/mol. The van der Waals surface area contributed by atoms with Crippen molar-refractivity contribution in [2.45, 2.75) is 42.4 Å². The van der Waals surface area contributed by atoms with Crippen LogP contribution in [0.3, 0.4) is 0 Å². The van der Waals surface area contributed by atoms with E-state index in [1.54, 1.807) is 30.3 Å². The fourth-order valence-electron chi connectivity index (χ4n) is 5.37. The fraction of sp³-hybridized carbons (Fsp3) is 0.565. The van der Waals surface area contributed by atoms with Crippen LogP contribution in [0.4, 0.5) is 0 Å². The lowest BCUT2D eigenvalue weighted by atomic mass is 9.81. The molecular weight excluding hydrogens is 530 g/mol. The Morgan fingerprint density at radius 2 is 1.58 bits per heavy atom. The van der Waals surface area contributed by atoms with Crippen LogP contribution >= 0.6 is 31.9 Å². The molecule has 2 aliphatic carbocycles. The van der Waals surface area contributed by atoms with E-state index in [1.165, 1.54) is 0 Å². The van der Waals surface area contributed by atoms with E-state index in [-0.39, 0.29) is 56.8 Å². The highest BCUT2D eigenvalue weighted by Crippen LogP contribution is 2.60. The molecule has 166 valence electrons. The predicted octanol–water partition coefficient (Wildman–Crippen LogP) is 3.61. The molecule has 0 aromatic heterocycles. The van der Waals surface area contributed by atoms with E-state index in [4.69, 9.17) is 4.74 Å². The maximum absolute atomic E-state index is 13.3. The zero-order valence-electron chi connectivity index (χ0n) is 17.4. The highest BCUT2D eigenvalue weighted by Gasteiger charge is 2.67. The molecule has 1 saturated heterocycles. The number of Topliss-reactive ketones (excluding diaryl/α,β-unsaturated/α-hetero) is 1. The Balaban J connectivity index is 1.51. The summed E-state index contributed by atoms with van der Waals surface area (Å²) in [5.41, 5.74) is 0.446. The van der Waals surface area contributed by atoms with Gasteiger partial charge in [0.2, 0.25) is 11.8 Å². The highest BCUT2D eigenvalue weighted by molar-refractivity contribution is 9.12. The molecule has 3 fully saturated rings. The van der Waals surface area contributed by atoms with Gasteiger partial charge in [-0.25, -0.2) is 4.79 Å². The first-order valence-corrected chi connectivity index (χ1v) is 12.5. The number of ketones is 1. The molecule has 2 saturated carbocycles. The van der Waals surface area contributed by atoms with Crippen molar-refractivity contribution in [2.75, 3.05) is 6.61 Å². The molecule has 2 bridgehead atoms. The van der Waals surface area contributed by atoms with Crippen LogP contribution in [-0.4, -0.2) is 50.8 Å². The minimum absolute atomic E-state index is 0.0629. The second kappa shape index (κ2) is 8.77. The molecule has 1 aromatic rings. The number of amides is 2. The number of rotatable bonds is 7. The number of alkyl halides is 2. The first kappa shape index (κ1) is 22.6. The number of fused-ring (bicyclic) bond motifs is 5. The second-order valence-corrected chi connectivity index (χ2v) is 11.2. The monoisotopic (exact) mass is 553 g/mol. The molecule has 8 heteroatoms. The van der Waals surface area contributed by atoms with Crippen molar-refractivity contribution in [1.82, 2.24) is 4.90 Å². The summed E-state index contributed by atoms with van der Waals surface area (Å²) in [6.07, 6.45) is 1.14. The van der Waals surface area contributed by atoms with Crippen LogP contribution in [0.1, 0.15) is 37.0 Å². The minimum Gasteiger partial charge on any atom is -0.456 e. The van der Waals surface area contributed by atoms with Crippen molar-refractivity contribution in [1.29, 1.82) is 0 Å². The van der Waals surface area contributed by atoms with E-state index in [9.17, 15) is 19.2 Å². The van der Waals surface area contributed by atoms with Gasteiger partial charge in [-0.3, -0.25) is 19.3 Å². The standard InChI is InChI=1S/C23H25Br2NO5/c1-11(2)8-15(23(30)31-10-16(27)12-6-4-3-5-7-12)26-21(28)17-13-9-14(18(17)22(26)29)20(25)19(13)24/h3-7,11,13-15,17-20H,8-10H2,1-2H3/t13-,14-,15-,17-,18-,19+,20+/m1/s1. The van der Waals surface area contributed by atoms with Gasteiger partial charge in [0.15, 0.2) is 12.4 Å². The Bertz CT molecular complexity index is 872. The average Bonchev–Trinajstić information content (AvgIpc) is 3.35. The van der Waals surface area contributed by atoms with E-state index in [2.05, 4.69) is 31.9 Å². The number of hydrogen-bond acceptors (Lipinski definition) is 5. The number of esters is 1. The van der Waals surface area contributed by atoms with Crippen molar-refractivity contribution in [2.24, 2.45) is 29.6 Å². The Labute approximate surface area is 198 Å². The van der Waals surface area contributed by atoms with Crippen molar-refractivity contribution >= 4 is 55.4 Å². The summed E-state index contributed by atoms with van der Waals surface area (Å²) in [5.74, 6) is -2.12. The number of hydrogen-bond donors (Lipinski definition) is 0. The van der Waals surface area contributed by atoms with Crippen LogP contribution in [0.5, 0.6) is 0 Å². The lowest BCUT2D eigenvalue weighted by Gasteiger charge is -2.28. The summed E-state index contributed by atoms with van der Waals surface area (Å²) in [6.45, 7) is 3.43. The largest absolute Gasteiger partial charge is 0.456 e. The van der Waals surface area contributed by atoms with Crippen molar-refractivity contribution in [3.8, 4) is 0 Å². The summed E-state index contributed by atoms with van der Waals surface area (Å²) in [5, 5.41) is 0. The lowest BCUT2D eigenvalue weighted by Crippen LogP contribution is -2.48. The maximum Gasteiger partial charge on any atom is 0.329 e. The molecule has 1 aliphatic heterocycles. The van der Waals surface area contributed by atoms with Crippen LogP contribution in [0.2, 0.25) is 0 Å². The molecule has 1 heterocycles. The van der Waals surface area contributed by atoms with Gasteiger partial charge in [-0.1, -0.05) is 76.0 Å². The third kappa shape index (κ3) is 3.90. The Morgan fingerprint density at radius 3 is 2.10 bits per heavy atom. The van der Waals surface area contributed by atoms with Gasteiger partial charge in [0.25, 0.3) is 0 Å². The van der Waals surface area contributed by atoms with Crippen molar-refractivity contribution < 1.29 is 23.9 Å². The van der Waals surface area contributed by atoms with Gasteiger partial charge in [0.05, 0.1) is 11.8 Å². The first-order chi connectivity index (χ1) is 14.7. The van der Waals surface area contributed by atoms with Gasteiger partial charge >= 0.3 is 5.97 Å². The van der Waals surface area contributed by atoms with Crippen molar-refractivity contribution in [3.63, 3.8) is 0 Å². The van der Waals surface area contributed by atoms with E-state index >= 15 is 0 Å². The van der Waals surface area contributed by atoms with Gasteiger partial charge in [-0.2, -0.15) is 0 Å². The first-order valence-electron chi connectivity index (χ1n) is 10.6. The third-order valence-electron chi connectivity index (χ3n) is 6.74. The Hall–Kier alpha value is -1.54. The number of imide groups is 1. The molecule has 2 amide bonds. The molecular formula is C23H25Br2NO5. The van der Waals surface area contributed by atoms with Crippen LogP contribution in [0, 0.1) is 29.6 Å². The number of nitrogens with zero attached hydrogens (tertiary/aromatic N) is 1. The van der Waals surface area contributed by atoms with E-state index in [0.717, 1.165) is 11.3 Å². The van der Waals surface area contributed by atoms with E-state index in [0.29, 0.717) is 12.0 Å². The maximum atomic E-state index is 13.3. The average molecular weight is 555 g/mol. The Morgan fingerprint density at radius 1 is 1.03 bits per heavy atom. The van der Waals surface area contributed by atoms with Gasteiger partial charge in [0.1, 0.15) is 6.04 Å². The minimum atomic E-state index is -1.00. The number of benzene rings is 1. The number of carbonyl (C=O) groups excluding carboxylic acids is 4. The number of carbonyl (C=O) groups is 4. The summed E-state index contributed by atoms with van der Waals surface area (Å²) in [7, 11) is 0. The second-order valence-electron chi connectivity index (χ2n) is 9.09. The molecule has 1 aromatic carbocycles. The normalized spacial score (nSPS) is 32.5. The zero-order valence-corrected chi connectivity index (χ0v) is 20.5. The van der Waals surface area contributed by atoms with Gasteiger partial charge < -0.3 is 4.74 Å². The van der Waals surface area contributed by atoms with Crippen LogP contribution in [-0.2, 0) is 19.1 Å². The molecule has 4 rings (SSSR count). The summed E-state index contributed by atoms with van der Waals surface area (Å²) in [4.78, 5) is 53.4. The number of likely N-dealkylation sites (tertiary alicyclic amines) is 1. The van der Waals surface area contributed by atoms with Gasteiger partial charge in [-0.15, -0.1) is 0 Å². The molecule has 31 heavy (non-hydrogen) atoms. The van der Waals surface area contributed by atoms with Gasteiger partial charge in [-0.05, 0) is 30.6 Å². The molecule has 3 aliphatic rings. The van der Waals surface area contributed by atoms with Crippen molar-refractivity contribution in [3.05, 3.63) is 35.9 Å². The topological polar surface area (TPSA) is 80.8 Å². The molecule has 0 radical (unpaired) electrons. The molecule has 0 spiro atoms. The summed E-state index contributed by atoms with van der Waals surface area (Å²) < 4.78 is 5.31. The Kier molecular flexibility index (Phi) is 6.41. The summed E-state index contributed by atoms with van der Waals surface area (Å²) in [6, 6.07) is 7.57. The SMILES string of the molecule is CC(C)C[C@H](C(=O)OCC(=O)c1ccccc1)N1C(=O)[C@@H]2[C@H]3C[C@@H]([C@H](Br)[C@H]3Br)[C@H]2C1=O. The van der Waals surface area contributed by atoms with Crippen LogP contribution in [0.15, 0.2) is 30.3 Å². The lowest BCUT2D eigenvalue weighted by molar-refractivity contribution is -0.159. The molecule has 7 atom stereocenters. The number of ether oxygens (including phenoxy) is 1. The fourth-order valence-corrected chi connectivity index (χ4v) is 7.25. The highest BCUT2D eigenvalue weighted by atomic mass is 79.9. The quantitative estimate of drug-likeness (QED) is 0.223. The smallest absolute Gasteiger partial charge is 0.329 e. The van der Waals surface area contributed by atoms with Crippen LogP contribution < -0.4 is 0 Å². The molecule has 0 N–H and O–H groups in total. The van der Waals surface area contributed by atoms with Gasteiger partial charge in [0, 0.05) is 15.2 Å².